The maximum atomic E-state index is 12.3. The Balaban J connectivity index is 2.41. The number of aromatic nitrogens is 2. The molecule has 2 aromatic rings. The molecule has 0 saturated heterocycles. The quantitative estimate of drug-likeness (QED) is 0.820. The molecule has 0 bridgehead atoms. The maximum absolute atomic E-state index is 12.3. The molecule has 8 heteroatoms. The van der Waals surface area contributed by atoms with E-state index in [1.165, 1.54) is 30.1 Å². The van der Waals surface area contributed by atoms with Crippen LogP contribution in [0.15, 0.2) is 27.8 Å². The van der Waals surface area contributed by atoms with Gasteiger partial charge < -0.3 is 15.0 Å². The highest BCUT2D eigenvalue weighted by Crippen LogP contribution is 2.11. The number of carboxylic acid groups (broad SMARTS) is 1. The van der Waals surface area contributed by atoms with E-state index in [1.54, 1.807) is 6.92 Å². The lowest BCUT2D eigenvalue weighted by atomic mass is 10.1. The number of carbonyl (C=O) groups is 2. The van der Waals surface area contributed by atoms with Crippen molar-refractivity contribution in [1.29, 1.82) is 0 Å². The van der Waals surface area contributed by atoms with Crippen molar-refractivity contribution in [2.24, 2.45) is 0 Å². The highest BCUT2D eigenvalue weighted by molar-refractivity contribution is 5.97. The number of nitrogens with one attached hydrogen (secondary N) is 1. The van der Waals surface area contributed by atoms with Crippen molar-refractivity contribution in [3.05, 3.63) is 44.6 Å². The molecule has 122 valence electrons. The molecule has 0 atom stereocenters. The Morgan fingerprint density at radius 3 is 2.61 bits per heavy atom. The topological polar surface area (TPSA) is 112 Å². The largest absolute Gasteiger partial charge is 0.481 e. The number of aromatic amines is 1. The van der Waals surface area contributed by atoms with Gasteiger partial charge in [-0.1, -0.05) is 0 Å². The van der Waals surface area contributed by atoms with E-state index in [2.05, 4.69) is 4.98 Å². The number of aliphatic carboxylic acids is 1. The molecule has 2 rings (SSSR count). The number of nitrogens with zero attached hydrogens (tertiary/aromatic N) is 2. The van der Waals surface area contributed by atoms with Crippen LogP contribution in [-0.2, 0) is 11.3 Å². The van der Waals surface area contributed by atoms with Crippen LogP contribution in [0, 0.1) is 0 Å². The number of carbonyl (C=O) groups excluding carboxylic acids is 1. The number of amides is 1. The summed E-state index contributed by atoms with van der Waals surface area (Å²) in [5.74, 6) is -1.37. The van der Waals surface area contributed by atoms with Gasteiger partial charge in [0.2, 0.25) is 0 Å². The molecule has 1 heterocycles. The Labute approximate surface area is 131 Å². The van der Waals surface area contributed by atoms with Crippen LogP contribution in [0.5, 0.6) is 0 Å². The predicted molar refractivity (Wildman–Crippen MR) is 83.7 cm³/mol. The molecule has 0 aliphatic rings. The Hall–Kier alpha value is -2.90. The van der Waals surface area contributed by atoms with E-state index in [1.807, 2.05) is 0 Å². The summed E-state index contributed by atoms with van der Waals surface area (Å²) in [7, 11) is 1.49. The molecule has 1 aromatic carbocycles. The van der Waals surface area contributed by atoms with Crippen molar-refractivity contribution >= 4 is 22.8 Å². The van der Waals surface area contributed by atoms with Gasteiger partial charge in [-0.2, -0.15) is 0 Å². The lowest BCUT2D eigenvalue weighted by molar-refractivity contribution is -0.137. The van der Waals surface area contributed by atoms with Crippen molar-refractivity contribution in [2.45, 2.75) is 19.9 Å². The van der Waals surface area contributed by atoms with Crippen LogP contribution in [0.3, 0.4) is 0 Å². The van der Waals surface area contributed by atoms with Gasteiger partial charge in [-0.05, 0) is 25.1 Å². The van der Waals surface area contributed by atoms with Crippen LogP contribution >= 0.6 is 0 Å². The second-order valence-corrected chi connectivity index (χ2v) is 5.11. The smallest absolute Gasteiger partial charge is 0.328 e. The summed E-state index contributed by atoms with van der Waals surface area (Å²) >= 11 is 0. The number of hydrogen-bond acceptors (Lipinski definition) is 4. The standard InChI is InChI=1S/C15H17N3O5/c1-3-18-14(22)10-5-4-9(8-11(10)16-15(18)23)13(21)17(2)7-6-12(19)20/h4-5,8H,3,6-7H2,1-2H3,(H,16,23)(H,19,20). The number of hydrogen-bond donors (Lipinski definition) is 2. The summed E-state index contributed by atoms with van der Waals surface area (Å²) in [4.78, 5) is 50.6. The summed E-state index contributed by atoms with van der Waals surface area (Å²) in [6.45, 7) is 2.01. The second-order valence-electron chi connectivity index (χ2n) is 5.11. The minimum atomic E-state index is -0.993. The number of H-pyrrole nitrogens is 1. The third-order valence-corrected chi connectivity index (χ3v) is 3.55. The van der Waals surface area contributed by atoms with Gasteiger partial charge in [0.25, 0.3) is 11.5 Å². The van der Waals surface area contributed by atoms with E-state index >= 15 is 0 Å². The molecular weight excluding hydrogens is 302 g/mol. The van der Waals surface area contributed by atoms with Gasteiger partial charge in [-0.15, -0.1) is 0 Å². The Morgan fingerprint density at radius 2 is 2.00 bits per heavy atom. The molecule has 2 N–H and O–H groups in total. The monoisotopic (exact) mass is 319 g/mol. The summed E-state index contributed by atoms with van der Waals surface area (Å²) in [5, 5.41) is 8.97. The fraction of sp³-hybridized carbons (Fsp3) is 0.333. The molecule has 1 aromatic heterocycles. The first-order chi connectivity index (χ1) is 10.8. The minimum Gasteiger partial charge on any atom is -0.481 e. The zero-order valence-corrected chi connectivity index (χ0v) is 12.8. The Bertz CT molecular complexity index is 881. The highest BCUT2D eigenvalue weighted by atomic mass is 16.4. The molecule has 8 nitrogen and oxygen atoms in total. The average molecular weight is 319 g/mol. The second kappa shape index (κ2) is 6.47. The van der Waals surface area contributed by atoms with Crippen LogP contribution in [-0.4, -0.2) is 45.0 Å². The lowest BCUT2D eigenvalue weighted by Crippen LogP contribution is -2.34. The zero-order valence-electron chi connectivity index (χ0n) is 12.8. The molecule has 0 unspecified atom stereocenters. The molecule has 1 amide bonds. The Morgan fingerprint density at radius 1 is 1.30 bits per heavy atom. The van der Waals surface area contributed by atoms with Crippen LogP contribution in [0.2, 0.25) is 0 Å². The summed E-state index contributed by atoms with van der Waals surface area (Å²) in [6, 6.07) is 4.40. The summed E-state index contributed by atoms with van der Waals surface area (Å²) < 4.78 is 1.07. The number of benzene rings is 1. The fourth-order valence-electron chi connectivity index (χ4n) is 2.26. The van der Waals surface area contributed by atoms with Gasteiger partial charge in [0, 0.05) is 25.7 Å². The van der Waals surface area contributed by atoms with Crippen molar-refractivity contribution < 1.29 is 14.7 Å². The van der Waals surface area contributed by atoms with Crippen LogP contribution in [0.25, 0.3) is 10.9 Å². The molecular formula is C15H17N3O5. The van der Waals surface area contributed by atoms with E-state index in [-0.39, 0.29) is 36.5 Å². The number of rotatable bonds is 5. The summed E-state index contributed by atoms with van der Waals surface area (Å²) in [6.07, 6.45) is -0.159. The fourth-order valence-corrected chi connectivity index (χ4v) is 2.26. The number of carboxylic acids is 1. The third kappa shape index (κ3) is 3.31. The maximum Gasteiger partial charge on any atom is 0.328 e. The van der Waals surface area contributed by atoms with Crippen LogP contribution < -0.4 is 11.2 Å². The van der Waals surface area contributed by atoms with Crippen molar-refractivity contribution in [3.63, 3.8) is 0 Å². The van der Waals surface area contributed by atoms with Crippen LogP contribution in [0.4, 0.5) is 0 Å². The van der Waals surface area contributed by atoms with Crippen molar-refractivity contribution in [2.75, 3.05) is 13.6 Å². The van der Waals surface area contributed by atoms with E-state index in [4.69, 9.17) is 5.11 Å². The Kier molecular flexibility index (Phi) is 4.63. The van der Waals surface area contributed by atoms with E-state index in [0.717, 1.165) is 4.57 Å². The normalized spacial score (nSPS) is 10.7. The average Bonchev–Trinajstić information content (AvgIpc) is 2.51. The van der Waals surface area contributed by atoms with Gasteiger partial charge in [-0.25, -0.2) is 4.79 Å². The van der Waals surface area contributed by atoms with Crippen molar-refractivity contribution in [1.82, 2.24) is 14.5 Å². The minimum absolute atomic E-state index is 0.0696. The van der Waals surface area contributed by atoms with E-state index in [9.17, 15) is 19.2 Å². The molecule has 0 radical (unpaired) electrons. The highest BCUT2D eigenvalue weighted by Gasteiger charge is 2.15. The van der Waals surface area contributed by atoms with Gasteiger partial charge in [-0.3, -0.25) is 19.0 Å². The number of fused-ring (bicyclic) bond motifs is 1. The molecule has 23 heavy (non-hydrogen) atoms. The van der Waals surface area contributed by atoms with Crippen LogP contribution in [0.1, 0.15) is 23.7 Å². The van der Waals surface area contributed by atoms with Crippen molar-refractivity contribution in [3.8, 4) is 0 Å². The molecule has 0 spiro atoms. The van der Waals surface area contributed by atoms with Gasteiger partial charge in [0.1, 0.15) is 0 Å². The lowest BCUT2D eigenvalue weighted by Gasteiger charge is -2.16. The molecule has 0 aliphatic carbocycles. The first-order valence-electron chi connectivity index (χ1n) is 7.09. The van der Waals surface area contributed by atoms with E-state index < -0.39 is 17.2 Å². The zero-order chi connectivity index (χ0) is 17.1. The van der Waals surface area contributed by atoms with Gasteiger partial charge in [0.15, 0.2) is 0 Å². The predicted octanol–water partition coefficient (Wildman–Crippen LogP) is 0.256. The van der Waals surface area contributed by atoms with Gasteiger partial charge in [0.05, 0.1) is 17.3 Å². The SMILES string of the molecule is CCn1c(=O)[nH]c2cc(C(=O)N(C)CCC(=O)O)ccc2c1=O. The third-order valence-electron chi connectivity index (χ3n) is 3.55. The molecule has 0 aliphatic heterocycles. The van der Waals surface area contributed by atoms with Gasteiger partial charge >= 0.3 is 11.7 Å². The summed E-state index contributed by atoms with van der Waals surface area (Å²) in [5.41, 5.74) is -0.393. The first kappa shape index (κ1) is 16.5. The van der Waals surface area contributed by atoms with E-state index in [0.29, 0.717) is 5.39 Å². The first-order valence-corrected chi connectivity index (χ1v) is 7.09. The molecule has 0 saturated carbocycles. The molecule has 0 fully saturated rings.